The van der Waals surface area contributed by atoms with Crippen LogP contribution in [-0.2, 0) is 0 Å². The molecular weight excluding hydrogens is 100 g/mol. The SMILES string of the molecule is CCC(C)(CC)CO. The van der Waals surface area contributed by atoms with E-state index in [0.717, 1.165) is 12.8 Å². The molecule has 0 aliphatic rings. The quantitative estimate of drug-likeness (QED) is 0.596. The van der Waals surface area contributed by atoms with Crippen molar-refractivity contribution in [3.05, 3.63) is 0 Å². The zero-order chi connectivity index (χ0) is 6.62. The van der Waals surface area contributed by atoms with Crippen molar-refractivity contribution in [1.29, 1.82) is 0 Å². The second kappa shape index (κ2) is 3.08. The fraction of sp³-hybridized carbons (Fsp3) is 1.00. The molecule has 0 aromatic carbocycles. The monoisotopic (exact) mass is 116 g/mol. The molecule has 0 amide bonds. The van der Waals surface area contributed by atoms with Gasteiger partial charge in [0, 0.05) is 6.61 Å². The second-order valence-electron chi connectivity index (χ2n) is 2.68. The van der Waals surface area contributed by atoms with E-state index in [-0.39, 0.29) is 5.41 Å². The molecule has 50 valence electrons. The van der Waals surface area contributed by atoms with Crippen LogP contribution in [0.25, 0.3) is 0 Å². The highest BCUT2D eigenvalue weighted by molar-refractivity contribution is 4.67. The Hall–Kier alpha value is -0.0400. The van der Waals surface area contributed by atoms with Gasteiger partial charge in [0.2, 0.25) is 0 Å². The van der Waals surface area contributed by atoms with E-state index in [9.17, 15) is 0 Å². The van der Waals surface area contributed by atoms with Crippen LogP contribution < -0.4 is 0 Å². The highest BCUT2D eigenvalue weighted by Crippen LogP contribution is 2.23. The standard InChI is InChI=1S/C7H16O/c1-4-7(3,5-2)6-8/h8H,4-6H2,1-3H3. The summed E-state index contributed by atoms with van der Waals surface area (Å²) in [5.41, 5.74) is 0.181. The van der Waals surface area contributed by atoms with Gasteiger partial charge in [0.15, 0.2) is 0 Å². The number of rotatable bonds is 3. The summed E-state index contributed by atoms with van der Waals surface area (Å²) in [6, 6.07) is 0. The summed E-state index contributed by atoms with van der Waals surface area (Å²) in [6.45, 7) is 6.65. The van der Waals surface area contributed by atoms with Crippen LogP contribution in [0.5, 0.6) is 0 Å². The van der Waals surface area contributed by atoms with Crippen LogP contribution in [0.3, 0.4) is 0 Å². The van der Waals surface area contributed by atoms with Crippen molar-refractivity contribution in [3.63, 3.8) is 0 Å². The lowest BCUT2D eigenvalue weighted by Gasteiger charge is -2.22. The zero-order valence-electron chi connectivity index (χ0n) is 6.07. The molecule has 1 heteroatoms. The Kier molecular flexibility index (Phi) is 3.06. The lowest BCUT2D eigenvalue weighted by Crippen LogP contribution is -2.18. The highest BCUT2D eigenvalue weighted by Gasteiger charge is 2.16. The molecule has 1 N–H and O–H groups in total. The molecular formula is C7H16O. The normalized spacial score (nSPS) is 12.0. The number of aliphatic hydroxyl groups is 1. The van der Waals surface area contributed by atoms with Crippen molar-refractivity contribution in [2.75, 3.05) is 6.61 Å². The molecule has 0 fully saturated rings. The van der Waals surface area contributed by atoms with Gasteiger partial charge in [-0.3, -0.25) is 0 Å². The van der Waals surface area contributed by atoms with E-state index in [1.165, 1.54) is 0 Å². The number of hydrogen-bond acceptors (Lipinski definition) is 1. The van der Waals surface area contributed by atoms with Crippen molar-refractivity contribution >= 4 is 0 Å². The van der Waals surface area contributed by atoms with Crippen LogP contribution in [0.4, 0.5) is 0 Å². The predicted molar refractivity (Wildman–Crippen MR) is 35.8 cm³/mol. The molecule has 8 heavy (non-hydrogen) atoms. The van der Waals surface area contributed by atoms with Crippen LogP contribution in [0, 0.1) is 5.41 Å². The first-order valence-electron chi connectivity index (χ1n) is 3.29. The minimum Gasteiger partial charge on any atom is -0.396 e. The largest absolute Gasteiger partial charge is 0.396 e. The molecule has 0 atom stereocenters. The van der Waals surface area contributed by atoms with Gasteiger partial charge in [0.25, 0.3) is 0 Å². The van der Waals surface area contributed by atoms with E-state index >= 15 is 0 Å². The Morgan fingerprint density at radius 3 is 1.62 bits per heavy atom. The minimum atomic E-state index is 0.181. The maximum Gasteiger partial charge on any atom is 0.0484 e. The molecule has 0 aliphatic heterocycles. The Balaban J connectivity index is 3.58. The van der Waals surface area contributed by atoms with Gasteiger partial charge in [0.05, 0.1) is 0 Å². The van der Waals surface area contributed by atoms with Crippen LogP contribution in [0.2, 0.25) is 0 Å². The van der Waals surface area contributed by atoms with Gasteiger partial charge in [0.1, 0.15) is 0 Å². The summed E-state index contributed by atoms with van der Waals surface area (Å²) in [7, 11) is 0. The van der Waals surface area contributed by atoms with Crippen molar-refractivity contribution in [2.45, 2.75) is 33.6 Å². The third-order valence-corrected chi connectivity index (χ3v) is 2.09. The summed E-state index contributed by atoms with van der Waals surface area (Å²) in [5.74, 6) is 0. The fourth-order valence-corrected chi connectivity index (χ4v) is 0.474. The summed E-state index contributed by atoms with van der Waals surface area (Å²) >= 11 is 0. The highest BCUT2D eigenvalue weighted by atomic mass is 16.3. The van der Waals surface area contributed by atoms with Crippen LogP contribution in [0.1, 0.15) is 33.6 Å². The molecule has 1 nitrogen and oxygen atoms in total. The summed E-state index contributed by atoms with van der Waals surface area (Å²) in [5, 5.41) is 8.79. The number of aliphatic hydroxyl groups excluding tert-OH is 1. The van der Waals surface area contributed by atoms with Crippen molar-refractivity contribution in [2.24, 2.45) is 5.41 Å². The Morgan fingerprint density at radius 1 is 1.25 bits per heavy atom. The molecule has 0 unspecified atom stereocenters. The molecule has 0 aromatic heterocycles. The van der Waals surface area contributed by atoms with Gasteiger partial charge in [-0.1, -0.05) is 20.8 Å². The van der Waals surface area contributed by atoms with Gasteiger partial charge >= 0.3 is 0 Å². The maximum absolute atomic E-state index is 8.79. The summed E-state index contributed by atoms with van der Waals surface area (Å²) in [4.78, 5) is 0. The van der Waals surface area contributed by atoms with Gasteiger partial charge in [-0.05, 0) is 18.3 Å². The molecule has 0 saturated carbocycles. The van der Waals surface area contributed by atoms with Gasteiger partial charge in [-0.25, -0.2) is 0 Å². The summed E-state index contributed by atoms with van der Waals surface area (Å²) in [6.07, 6.45) is 2.14. The van der Waals surface area contributed by atoms with Gasteiger partial charge < -0.3 is 5.11 Å². The first-order valence-corrected chi connectivity index (χ1v) is 3.29. The molecule has 0 aliphatic carbocycles. The molecule has 0 aromatic rings. The van der Waals surface area contributed by atoms with E-state index in [1.54, 1.807) is 0 Å². The van der Waals surface area contributed by atoms with Crippen LogP contribution >= 0.6 is 0 Å². The Morgan fingerprint density at radius 2 is 1.62 bits per heavy atom. The third kappa shape index (κ3) is 1.83. The topological polar surface area (TPSA) is 20.2 Å². The summed E-state index contributed by atoms with van der Waals surface area (Å²) < 4.78 is 0. The van der Waals surface area contributed by atoms with E-state index in [0.29, 0.717) is 6.61 Å². The average Bonchev–Trinajstić information content (AvgIpc) is 1.87. The zero-order valence-corrected chi connectivity index (χ0v) is 6.07. The average molecular weight is 116 g/mol. The first kappa shape index (κ1) is 7.96. The molecule has 0 saturated heterocycles. The smallest absolute Gasteiger partial charge is 0.0484 e. The van der Waals surface area contributed by atoms with Crippen molar-refractivity contribution in [1.82, 2.24) is 0 Å². The van der Waals surface area contributed by atoms with Crippen molar-refractivity contribution < 1.29 is 5.11 Å². The molecule has 0 rings (SSSR count). The second-order valence-corrected chi connectivity index (χ2v) is 2.68. The Labute approximate surface area is 51.7 Å². The van der Waals surface area contributed by atoms with E-state index in [4.69, 9.17) is 5.11 Å². The molecule has 0 radical (unpaired) electrons. The van der Waals surface area contributed by atoms with E-state index in [1.807, 2.05) is 0 Å². The Bertz CT molecular complexity index is 47.1. The van der Waals surface area contributed by atoms with Crippen molar-refractivity contribution in [3.8, 4) is 0 Å². The minimum absolute atomic E-state index is 0.181. The van der Waals surface area contributed by atoms with Crippen LogP contribution in [0.15, 0.2) is 0 Å². The lowest BCUT2D eigenvalue weighted by molar-refractivity contribution is 0.133. The maximum atomic E-state index is 8.79. The number of hydrogen-bond donors (Lipinski definition) is 1. The lowest BCUT2D eigenvalue weighted by atomic mass is 9.86. The van der Waals surface area contributed by atoms with Gasteiger partial charge in [-0.15, -0.1) is 0 Å². The first-order chi connectivity index (χ1) is 3.68. The predicted octanol–water partition coefficient (Wildman–Crippen LogP) is 1.81. The fourth-order valence-electron chi connectivity index (χ4n) is 0.474. The van der Waals surface area contributed by atoms with E-state index in [2.05, 4.69) is 20.8 Å². The molecule has 0 heterocycles. The third-order valence-electron chi connectivity index (χ3n) is 2.09. The van der Waals surface area contributed by atoms with Gasteiger partial charge in [-0.2, -0.15) is 0 Å². The van der Waals surface area contributed by atoms with Crippen LogP contribution in [-0.4, -0.2) is 11.7 Å². The van der Waals surface area contributed by atoms with E-state index < -0.39 is 0 Å². The molecule has 0 bridgehead atoms. The molecule has 0 spiro atoms.